The van der Waals surface area contributed by atoms with Crippen LogP contribution in [0.1, 0.15) is 73.9 Å². The third kappa shape index (κ3) is 6.35. The van der Waals surface area contributed by atoms with Gasteiger partial charge in [-0.25, -0.2) is 4.79 Å². The molecule has 6 nitrogen and oxygen atoms in total. The van der Waals surface area contributed by atoms with Crippen LogP contribution in [0, 0.1) is 23.2 Å². The summed E-state index contributed by atoms with van der Waals surface area (Å²) >= 11 is 7.82. The molecule has 42 heavy (non-hydrogen) atoms. The fourth-order valence-corrected chi connectivity index (χ4v) is 8.08. The minimum Gasteiger partial charge on any atom is -0.491 e. The Morgan fingerprint density at radius 1 is 1.29 bits per heavy atom. The average molecular weight is 613 g/mol. The molecule has 1 aliphatic heterocycles. The lowest BCUT2D eigenvalue weighted by Gasteiger charge is -2.50. The molecule has 6 atom stereocenters. The van der Waals surface area contributed by atoms with E-state index in [4.69, 9.17) is 26.2 Å². The number of anilines is 1. The maximum Gasteiger partial charge on any atom is 0.335 e. The third-order valence-electron chi connectivity index (χ3n) is 10.0. The molecule has 8 heteroatoms. The van der Waals surface area contributed by atoms with Gasteiger partial charge >= 0.3 is 5.97 Å². The zero-order valence-corrected chi connectivity index (χ0v) is 26.8. The molecule has 2 aromatic rings. The van der Waals surface area contributed by atoms with Crippen LogP contribution in [0.5, 0.6) is 5.75 Å². The Balaban J connectivity index is 1.41. The van der Waals surface area contributed by atoms with Crippen molar-refractivity contribution in [3.63, 3.8) is 0 Å². The maximum absolute atomic E-state index is 11.9. The standard InChI is InChI=1S/C34H45ClN2O4S/c1-5-6-22-13-27(35)9-11-28(22)26-18-37(30-14-23(33(38)39)8-12-31(30)41-19-26)17-24-7-10-29(24)32(40-4)25-15-34(3,16-25)21(2)20-42-36/h8-9,11-15,21,24,26,29,32H,5-7,10,16-20,36H2,1-4H3,(H,38,39). The van der Waals surface area contributed by atoms with Crippen molar-refractivity contribution in [2.75, 3.05) is 37.5 Å². The van der Waals surface area contributed by atoms with Gasteiger partial charge in [-0.3, -0.25) is 5.14 Å². The fraction of sp³-hybridized carbons (Fsp3) is 0.559. The number of nitrogens with two attached hydrogens (primary N) is 1. The number of carboxylic acids is 1. The molecular formula is C34H45ClN2O4S. The second kappa shape index (κ2) is 13.2. The number of halogens is 1. The Morgan fingerprint density at radius 2 is 2.07 bits per heavy atom. The first-order valence-corrected chi connectivity index (χ1v) is 16.7. The summed E-state index contributed by atoms with van der Waals surface area (Å²) in [5.74, 6) is 2.31. The molecule has 2 aromatic carbocycles. The quantitative estimate of drug-likeness (QED) is 0.189. The number of methoxy groups -OCH3 is 1. The zero-order chi connectivity index (χ0) is 30.0. The highest BCUT2D eigenvalue weighted by Gasteiger charge is 2.46. The molecule has 228 valence electrons. The number of aryl methyl sites for hydroxylation is 1. The van der Waals surface area contributed by atoms with Crippen molar-refractivity contribution in [3.8, 4) is 5.75 Å². The highest BCUT2D eigenvalue weighted by Crippen LogP contribution is 2.52. The smallest absolute Gasteiger partial charge is 0.335 e. The van der Waals surface area contributed by atoms with Gasteiger partial charge in [-0.1, -0.05) is 62.9 Å². The Morgan fingerprint density at radius 3 is 2.71 bits per heavy atom. The van der Waals surface area contributed by atoms with Gasteiger partial charge in [0.1, 0.15) is 5.75 Å². The van der Waals surface area contributed by atoms with Crippen molar-refractivity contribution >= 4 is 35.2 Å². The number of benzene rings is 2. The molecule has 1 saturated carbocycles. The van der Waals surface area contributed by atoms with E-state index < -0.39 is 5.97 Å². The lowest BCUT2D eigenvalue weighted by Crippen LogP contribution is -2.47. The predicted octanol–water partition coefficient (Wildman–Crippen LogP) is 7.59. The van der Waals surface area contributed by atoms with E-state index in [2.05, 4.69) is 43.9 Å². The average Bonchev–Trinajstić information content (AvgIpc) is 3.11. The molecule has 0 bridgehead atoms. The van der Waals surface area contributed by atoms with Crippen LogP contribution in [0.3, 0.4) is 0 Å². The van der Waals surface area contributed by atoms with Gasteiger partial charge in [-0.2, -0.15) is 0 Å². The molecular weight excluding hydrogens is 568 g/mol. The van der Waals surface area contributed by atoms with Crippen LogP contribution in [-0.4, -0.2) is 49.7 Å². The Bertz CT molecular complexity index is 1320. The molecule has 0 saturated heterocycles. The largest absolute Gasteiger partial charge is 0.491 e. The minimum absolute atomic E-state index is 0.117. The zero-order valence-electron chi connectivity index (χ0n) is 25.3. The summed E-state index contributed by atoms with van der Waals surface area (Å²) in [5.41, 5.74) is 5.27. The highest BCUT2D eigenvalue weighted by atomic mass is 35.5. The van der Waals surface area contributed by atoms with E-state index in [1.807, 2.05) is 19.2 Å². The van der Waals surface area contributed by atoms with Crippen molar-refractivity contribution in [1.29, 1.82) is 0 Å². The first-order valence-electron chi connectivity index (χ1n) is 15.3. The molecule has 1 heterocycles. The summed E-state index contributed by atoms with van der Waals surface area (Å²) in [4.78, 5) is 14.3. The molecule has 6 unspecified atom stereocenters. The Hall–Kier alpha value is -2.19. The molecule has 1 fully saturated rings. The van der Waals surface area contributed by atoms with Crippen molar-refractivity contribution < 1.29 is 19.4 Å². The van der Waals surface area contributed by atoms with E-state index in [0.29, 0.717) is 24.4 Å². The number of carbonyl (C=O) groups is 1. The van der Waals surface area contributed by atoms with Gasteiger partial charge in [0.2, 0.25) is 0 Å². The van der Waals surface area contributed by atoms with E-state index in [1.54, 1.807) is 12.1 Å². The van der Waals surface area contributed by atoms with Gasteiger partial charge in [0.25, 0.3) is 0 Å². The molecule has 0 spiro atoms. The monoisotopic (exact) mass is 612 g/mol. The van der Waals surface area contributed by atoms with E-state index in [-0.39, 0.29) is 23.0 Å². The third-order valence-corrected chi connectivity index (χ3v) is 10.9. The van der Waals surface area contributed by atoms with Crippen LogP contribution in [0.25, 0.3) is 0 Å². The normalized spacial score (nSPS) is 26.6. The molecule has 3 N–H and O–H groups in total. The number of rotatable bonds is 12. The molecule has 0 aromatic heterocycles. The Labute approximate surface area is 260 Å². The van der Waals surface area contributed by atoms with Crippen LogP contribution >= 0.6 is 23.5 Å². The van der Waals surface area contributed by atoms with Crippen molar-refractivity contribution in [3.05, 3.63) is 69.8 Å². The molecule has 2 aliphatic carbocycles. The maximum atomic E-state index is 11.9. The summed E-state index contributed by atoms with van der Waals surface area (Å²) in [6.45, 7) is 8.93. The van der Waals surface area contributed by atoms with Crippen LogP contribution < -0.4 is 14.8 Å². The van der Waals surface area contributed by atoms with Crippen LogP contribution in [0.4, 0.5) is 5.69 Å². The van der Waals surface area contributed by atoms with Crippen LogP contribution in [0.2, 0.25) is 5.02 Å². The topological polar surface area (TPSA) is 85.0 Å². The van der Waals surface area contributed by atoms with Gasteiger partial charge < -0.3 is 19.5 Å². The number of nitrogens with zero attached hydrogens (tertiary/aromatic N) is 1. The minimum atomic E-state index is -0.926. The number of ether oxygens (including phenoxy) is 2. The number of fused-ring (bicyclic) bond motifs is 1. The van der Waals surface area contributed by atoms with E-state index in [9.17, 15) is 9.90 Å². The van der Waals surface area contributed by atoms with E-state index in [1.165, 1.54) is 28.6 Å². The van der Waals surface area contributed by atoms with Crippen molar-refractivity contribution in [1.82, 2.24) is 0 Å². The number of aromatic carboxylic acids is 1. The fourth-order valence-electron chi connectivity index (χ4n) is 7.22. The first kappa shape index (κ1) is 31.2. The van der Waals surface area contributed by atoms with Gasteiger partial charge in [-0.15, -0.1) is 0 Å². The van der Waals surface area contributed by atoms with E-state index in [0.717, 1.165) is 67.4 Å². The second-order valence-corrected chi connectivity index (χ2v) is 13.9. The molecule has 5 rings (SSSR count). The van der Waals surface area contributed by atoms with Gasteiger partial charge in [0.15, 0.2) is 0 Å². The predicted molar refractivity (Wildman–Crippen MR) is 173 cm³/mol. The lowest BCUT2D eigenvalue weighted by molar-refractivity contribution is -0.00434. The van der Waals surface area contributed by atoms with Gasteiger partial charge in [0, 0.05) is 36.9 Å². The van der Waals surface area contributed by atoms with Crippen LogP contribution in [-0.2, 0) is 11.2 Å². The molecule has 0 amide bonds. The van der Waals surface area contributed by atoms with Crippen LogP contribution in [0.15, 0.2) is 48.0 Å². The molecule has 3 aliphatic rings. The lowest BCUT2D eigenvalue weighted by atomic mass is 9.60. The second-order valence-electron chi connectivity index (χ2n) is 12.8. The summed E-state index contributed by atoms with van der Waals surface area (Å²) in [5, 5.41) is 16.3. The number of hydrogen-bond acceptors (Lipinski definition) is 6. The number of carboxylic acid groups (broad SMARTS) is 1. The number of hydrogen-bond donors (Lipinski definition) is 2. The Kier molecular flexibility index (Phi) is 9.83. The van der Waals surface area contributed by atoms with Crippen molar-refractivity contribution in [2.24, 2.45) is 28.3 Å². The van der Waals surface area contributed by atoms with Gasteiger partial charge in [-0.05, 0) is 95.9 Å². The number of allylic oxidation sites excluding steroid dienone is 1. The van der Waals surface area contributed by atoms with E-state index >= 15 is 0 Å². The summed E-state index contributed by atoms with van der Waals surface area (Å²) in [7, 11) is 1.84. The summed E-state index contributed by atoms with van der Waals surface area (Å²) in [6, 6.07) is 11.5. The molecule has 0 radical (unpaired) electrons. The van der Waals surface area contributed by atoms with Gasteiger partial charge in [0.05, 0.1) is 24.0 Å². The highest BCUT2D eigenvalue weighted by molar-refractivity contribution is 7.97. The SMILES string of the molecule is CCCc1cc(Cl)ccc1C1COc2ccc(C(=O)O)cc2N(CC2CCC2C(OC)C2=CC(C)(C(C)CSN)C2)C1. The summed E-state index contributed by atoms with van der Waals surface area (Å²) in [6.07, 6.45) is 7.87. The summed E-state index contributed by atoms with van der Waals surface area (Å²) < 4.78 is 12.6. The van der Waals surface area contributed by atoms with Crippen molar-refractivity contribution in [2.45, 2.75) is 64.9 Å². The first-order chi connectivity index (χ1) is 20.2.